The van der Waals surface area contributed by atoms with Crippen molar-refractivity contribution in [3.05, 3.63) is 75.3 Å². The van der Waals surface area contributed by atoms with Crippen molar-refractivity contribution in [1.29, 1.82) is 0 Å². The van der Waals surface area contributed by atoms with Crippen molar-refractivity contribution in [2.75, 3.05) is 6.61 Å². The maximum absolute atomic E-state index is 12.2. The number of ether oxygens (including phenoxy) is 1. The Bertz CT molecular complexity index is 867. The number of nitro groups is 1. The smallest absolute Gasteiger partial charge is 0.338 e. The zero-order chi connectivity index (χ0) is 19.8. The van der Waals surface area contributed by atoms with Gasteiger partial charge in [0.2, 0.25) is 5.91 Å². The van der Waals surface area contributed by atoms with Crippen LogP contribution in [-0.2, 0) is 16.0 Å². The molecule has 0 saturated carbocycles. The van der Waals surface area contributed by atoms with Gasteiger partial charge in [-0.2, -0.15) is 0 Å². The predicted octanol–water partition coefficient (Wildman–Crippen LogP) is 1.78. The fraction of sp³-hybridized carbons (Fsp3) is 0.167. The second-order valence-corrected chi connectivity index (χ2v) is 5.41. The number of nitrogens with zero attached hydrogens (tertiary/aromatic N) is 1. The SMILES string of the molecule is CCOC(=O)c1cc(C(=O)NNC(=O)Cc2ccccc2)cc([N+](=O)[O-])c1. The molecule has 2 N–H and O–H groups in total. The number of carbonyl (C=O) groups excluding carboxylic acids is 3. The fourth-order valence-electron chi connectivity index (χ4n) is 2.20. The monoisotopic (exact) mass is 371 g/mol. The Labute approximate surface area is 154 Å². The van der Waals surface area contributed by atoms with Crippen molar-refractivity contribution in [2.24, 2.45) is 0 Å². The van der Waals surface area contributed by atoms with E-state index in [1.165, 1.54) is 0 Å². The maximum Gasteiger partial charge on any atom is 0.338 e. The minimum absolute atomic E-state index is 0.0458. The molecule has 0 heterocycles. The molecule has 0 radical (unpaired) electrons. The molecule has 9 nitrogen and oxygen atoms in total. The van der Waals surface area contributed by atoms with Crippen LogP contribution >= 0.6 is 0 Å². The summed E-state index contributed by atoms with van der Waals surface area (Å²) in [6.45, 7) is 1.67. The third kappa shape index (κ3) is 5.63. The highest BCUT2D eigenvalue weighted by Gasteiger charge is 2.19. The van der Waals surface area contributed by atoms with Crippen LogP contribution in [0.25, 0.3) is 0 Å². The molecule has 0 saturated heterocycles. The molecule has 0 fully saturated rings. The summed E-state index contributed by atoms with van der Waals surface area (Å²) in [5, 5.41) is 11.0. The van der Waals surface area contributed by atoms with Crippen molar-refractivity contribution in [1.82, 2.24) is 10.9 Å². The Balaban J connectivity index is 2.09. The molecule has 0 bridgehead atoms. The number of carbonyl (C=O) groups is 3. The van der Waals surface area contributed by atoms with Gasteiger partial charge < -0.3 is 4.74 Å². The van der Waals surface area contributed by atoms with Crippen LogP contribution in [0.15, 0.2) is 48.5 Å². The molecule has 2 aromatic carbocycles. The van der Waals surface area contributed by atoms with E-state index >= 15 is 0 Å². The molecule has 0 unspecified atom stereocenters. The van der Waals surface area contributed by atoms with Crippen molar-refractivity contribution >= 4 is 23.5 Å². The number of hydrazine groups is 1. The van der Waals surface area contributed by atoms with Crippen LogP contribution in [0.4, 0.5) is 5.69 Å². The van der Waals surface area contributed by atoms with Crippen molar-refractivity contribution in [3.63, 3.8) is 0 Å². The fourth-order valence-corrected chi connectivity index (χ4v) is 2.20. The van der Waals surface area contributed by atoms with E-state index in [2.05, 4.69) is 10.9 Å². The van der Waals surface area contributed by atoms with Gasteiger partial charge in [0.25, 0.3) is 11.6 Å². The molecular weight excluding hydrogens is 354 g/mol. The van der Waals surface area contributed by atoms with E-state index in [9.17, 15) is 24.5 Å². The van der Waals surface area contributed by atoms with E-state index in [0.29, 0.717) is 0 Å². The van der Waals surface area contributed by atoms with Gasteiger partial charge in [0.15, 0.2) is 0 Å². The Hall–Kier alpha value is -3.75. The van der Waals surface area contributed by atoms with Gasteiger partial charge in [-0.05, 0) is 18.6 Å². The van der Waals surface area contributed by atoms with E-state index < -0.39 is 28.4 Å². The van der Waals surface area contributed by atoms with Crippen LogP contribution in [0, 0.1) is 10.1 Å². The molecule has 0 aliphatic rings. The van der Waals surface area contributed by atoms with Gasteiger partial charge in [0.05, 0.1) is 23.5 Å². The molecule has 0 aliphatic heterocycles. The number of benzene rings is 2. The Kier molecular flexibility index (Phi) is 6.59. The summed E-state index contributed by atoms with van der Waals surface area (Å²) in [6.07, 6.45) is 0.0458. The molecule has 27 heavy (non-hydrogen) atoms. The summed E-state index contributed by atoms with van der Waals surface area (Å²) < 4.78 is 4.80. The average Bonchev–Trinajstić information content (AvgIpc) is 2.66. The van der Waals surface area contributed by atoms with Gasteiger partial charge >= 0.3 is 5.97 Å². The van der Waals surface area contributed by atoms with Crippen molar-refractivity contribution in [2.45, 2.75) is 13.3 Å². The molecule has 2 amide bonds. The predicted molar refractivity (Wildman–Crippen MR) is 94.8 cm³/mol. The highest BCUT2D eigenvalue weighted by Crippen LogP contribution is 2.18. The van der Waals surface area contributed by atoms with Gasteiger partial charge in [-0.1, -0.05) is 30.3 Å². The number of nitro benzene ring substituents is 1. The second-order valence-electron chi connectivity index (χ2n) is 5.41. The molecule has 0 aliphatic carbocycles. The zero-order valence-electron chi connectivity index (χ0n) is 14.4. The standard InChI is InChI=1S/C18H17N3O6/c1-2-27-18(24)14-9-13(10-15(11-14)21(25)26)17(23)20-19-16(22)8-12-6-4-3-5-7-12/h3-7,9-11H,2,8H2,1H3,(H,19,22)(H,20,23). The molecule has 0 spiro atoms. The van der Waals surface area contributed by atoms with Crippen LogP contribution in [-0.4, -0.2) is 29.3 Å². The molecular formula is C18H17N3O6. The summed E-state index contributed by atoms with van der Waals surface area (Å²) in [5.74, 6) is -2.06. The summed E-state index contributed by atoms with van der Waals surface area (Å²) in [6, 6.07) is 12.1. The van der Waals surface area contributed by atoms with Crippen LogP contribution in [0.5, 0.6) is 0 Å². The Morgan fingerprint density at radius 1 is 1.04 bits per heavy atom. The first-order chi connectivity index (χ1) is 12.9. The number of nitrogens with one attached hydrogen (secondary N) is 2. The lowest BCUT2D eigenvalue weighted by Crippen LogP contribution is -2.42. The minimum Gasteiger partial charge on any atom is -0.462 e. The van der Waals surface area contributed by atoms with Gasteiger partial charge in [-0.25, -0.2) is 4.79 Å². The average molecular weight is 371 g/mol. The Morgan fingerprint density at radius 3 is 2.33 bits per heavy atom. The minimum atomic E-state index is -0.800. The van der Waals surface area contributed by atoms with Gasteiger partial charge in [-0.3, -0.25) is 30.6 Å². The van der Waals surface area contributed by atoms with Crippen LogP contribution in [0.3, 0.4) is 0 Å². The summed E-state index contributed by atoms with van der Waals surface area (Å²) in [7, 11) is 0. The topological polar surface area (TPSA) is 128 Å². The first kappa shape index (κ1) is 19.6. The summed E-state index contributed by atoms with van der Waals surface area (Å²) in [5.41, 5.74) is 4.42. The van der Waals surface area contributed by atoms with Crippen molar-refractivity contribution in [3.8, 4) is 0 Å². The van der Waals surface area contributed by atoms with E-state index in [0.717, 1.165) is 23.8 Å². The van der Waals surface area contributed by atoms with E-state index in [1.807, 2.05) is 6.07 Å². The zero-order valence-corrected chi connectivity index (χ0v) is 14.4. The maximum atomic E-state index is 12.2. The van der Waals surface area contributed by atoms with Gasteiger partial charge in [0, 0.05) is 17.7 Å². The van der Waals surface area contributed by atoms with Gasteiger partial charge in [0.1, 0.15) is 0 Å². The molecule has 2 rings (SSSR count). The molecule has 9 heteroatoms. The van der Waals surface area contributed by atoms with E-state index in [4.69, 9.17) is 4.74 Å². The second kappa shape index (κ2) is 9.09. The number of esters is 1. The van der Waals surface area contributed by atoms with Crippen LogP contribution in [0.2, 0.25) is 0 Å². The Morgan fingerprint density at radius 2 is 1.70 bits per heavy atom. The quantitative estimate of drug-likeness (QED) is 0.452. The highest BCUT2D eigenvalue weighted by atomic mass is 16.6. The third-order valence-corrected chi connectivity index (χ3v) is 3.42. The normalized spacial score (nSPS) is 9.96. The lowest BCUT2D eigenvalue weighted by Gasteiger charge is -2.09. The number of rotatable bonds is 6. The van der Waals surface area contributed by atoms with Gasteiger partial charge in [-0.15, -0.1) is 0 Å². The largest absolute Gasteiger partial charge is 0.462 e. The summed E-state index contributed by atoms with van der Waals surface area (Å²) in [4.78, 5) is 46.2. The van der Waals surface area contributed by atoms with E-state index in [1.54, 1.807) is 31.2 Å². The first-order valence-electron chi connectivity index (χ1n) is 8.00. The molecule has 2 aromatic rings. The molecule has 0 aromatic heterocycles. The lowest BCUT2D eigenvalue weighted by molar-refractivity contribution is -0.384. The van der Waals surface area contributed by atoms with E-state index in [-0.39, 0.29) is 24.2 Å². The first-order valence-corrected chi connectivity index (χ1v) is 8.00. The summed E-state index contributed by atoms with van der Waals surface area (Å²) >= 11 is 0. The van der Waals surface area contributed by atoms with Crippen LogP contribution in [0.1, 0.15) is 33.2 Å². The lowest BCUT2D eigenvalue weighted by atomic mass is 10.1. The number of hydrogen-bond acceptors (Lipinski definition) is 6. The molecule has 0 atom stereocenters. The number of hydrogen-bond donors (Lipinski definition) is 2. The molecule has 140 valence electrons. The number of non-ortho nitro benzene ring substituents is 1. The van der Waals surface area contributed by atoms with Crippen LogP contribution < -0.4 is 10.9 Å². The van der Waals surface area contributed by atoms with Crippen molar-refractivity contribution < 1.29 is 24.0 Å². The number of amides is 2. The third-order valence-electron chi connectivity index (χ3n) is 3.42. The highest BCUT2D eigenvalue weighted by molar-refractivity contribution is 5.99.